The van der Waals surface area contributed by atoms with Crippen molar-refractivity contribution in [3.8, 4) is 5.75 Å². The van der Waals surface area contributed by atoms with Gasteiger partial charge in [-0.1, -0.05) is 52.1 Å². The van der Waals surface area contributed by atoms with Crippen molar-refractivity contribution < 1.29 is 28.8 Å². The van der Waals surface area contributed by atoms with E-state index >= 15 is 0 Å². The average molecular weight is 623 g/mol. The van der Waals surface area contributed by atoms with Gasteiger partial charge in [0.25, 0.3) is 5.91 Å². The van der Waals surface area contributed by atoms with Crippen molar-refractivity contribution in [3.05, 3.63) is 80.6 Å². The zero-order valence-corrected chi connectivity index (χ0v) is 24.4. The van der Waals surface area contributed by atoms with E-state index in [-0.39, 0.29) is 25.0 Å². The van der Waals surface area contributed by atoms with Crippen LogP contribution in [0.1, 0.15) is 70.2 Å². The van der Waals surface area contributed by atoms with Crippen molar-refractivity contribution in [1.29, 1.82) is 0 Å². The fraction of sp³-hybridized carbons (Fsp3) is 0.419. The molecule has 3 aromatic rings. The van der Waals surface area contributed by atoms with E-state index in [4.69, 9.17) is 9.26 Å². The highest BCUT2D eigenvalue weighted by molar-refractivity contribution is 9.10. The summed E-state index contributed by atoms with van der Waals surface area (Å²) in [4.78, 5) is 43.4. The lowest BCUT2D eigenvalue weighted by molar-refractivity contribution is -0.153. The summed E-state index contributed by atoms with van der Waals surface area (Å²) in [6, 6.07) is 12.7. The van der Waals surface area contributed by atoms with Crippen LogP contribution in [-0.2, 0) is 29.2 Å². The molecule has 3 heterocycles. The van der Waals surface area contributed by atoms with Gasteiger partial charge in [-0.3, -0.25) is 14.4 Å². The number of carboxylic acid groups (broad SMARTS) is 1. The lowest BCUT2D eigenvalue weighted by Crippen LogP contribution is -2.50. The van der Waals surface area contributed by atoms with E-state index in [1.54, 1.807) is 4.90 Å². The molecule has 1 saturated carbocycles. The maximum Gasteiger partial charge on any atom is 0.307 e. The number of rotatable bonds is 7. The molecule has 3 aliphatic rings. The van der Waals surface area contributed by atoms with Crippen LogP contribution in [0, 0.1) is 18.8 Å². The molecule has 1 fully saturated rings. The van der Waals surface area contributed by atoms with Gasteiger partial charge >= 0.3 is 5.97 Å². The van der Waals surface area contributed by atoms with Crippen molar-refractivity contribution >= 4 is 33.7 Å². The first-order chi connectivity index (χ1) is 19.8. The predicted molar refractivity (Wildman–Crippen MR) is 152 cm³/mol. The number of aromatic nitrogens is 1. The van der Waals surface area contributed by atoms with E-state index in [9.17, 15) is 19.5 Å². The van der Waals surface area contributed by atoms with Crippen LogP contribution in [0.5, 0.6) is 5.75 Å². The Bertz CT molecular complexity index is 1500. The summed E-state index contributed by atoms with van der Waals surface area (Å²) in [6.07, 6.45) is 3.26. The first-order valence-electron chi connectivity index (χ1n) is 14.1. The summed E-state index contributed by atoms with van der Waals surface area (Å²) in [5, 5.41) is 14.0. The maximum absolute atomic E-state index is 14.2. The van der Waals surface area contributed by atoms with Gasteiger partial charge in [-0.2, -0.15) is 0 Å². The molecule has 3 unspecified atom stereocenters. The number of aliphatic carboxylic acids is 1. The average Bonchev–Trinajstić information content (AvgIpc) is 3.54. The van der Waals surface area contributed by atoms with Crippen molar-refractivity contribution in [2.45, 2.75) is 58.2 Å². The van der Waals surface area contributed by atoms with Gasteiger partial charge in [0.15, 0.2) is 0 Å². The summed E-state index contributed by atoms with van der Waals surface area (Å²) in [6.45, 7) is 3.15. The highest BCUT2D eigenvalue weighted by Crippen LogP contribution is 2.44. The first kappa shape index (κ1) is 27.5. The third-order valence-corrected chi connectivity index (χ3v) is 9.34. The number of ether oxygens (including phenoxy) is 1. The normalized spacial score (nSPS) is 21.9. The van der Waals surface area contributed by atoms with Gasteiger partial charge in [0, 0.05) is 41.3 Å². The summed E-state index contributed by atoms with van der Waals surface area (Å²) in [5.74, 6) is -1.16. The van der Waals surface area contributed by atoms with Crippen LogP contribution in [-0.4, -0.2) is 50.9 Å². The number of nitrogens with zero attached hydrogens (tertiary/aromatic N) is 3. The molecule has 2 amide bonds. The molecule has 0 bridgehead atoms. The zero-order chi connectivity index (χ0) is 28.7. The Hall–Kier alpha value is -3.66. The van der Waals surface area contributed by atoms with Gasteiger partial charge in [-0.25, -0.2) is 0 Å². The Labute approximate surface area is 246 Å². The smallest absolute Gasteiger partial charge is 0.307 e. The molecular formula is C31H32BrN3O6. The van der Waals surface area contributed by atoms with Gasteiger partial charge in [0.2, 0.25) is 5.91 Å². The minimum absolute atomic E-state index is 0.0725. The van der Waals surface area contributed by atoms with Crippen molar-refractivity contribution in [1.82, 2.24) is 15.0 Å². The van der Waals surface area contributed by atoms with Crippen LogP contribution in [0.15, 0.2) is 51.5 Å². The van der Waals surface area contributed by atoms with E-state index in [1.807, 2.05) is 54.3 Å². The molecule has 10 heteroatoms. The third-order valence-electron chi connectivity index (χ3n) is 8.60. The molecule has 1 aliphatic carbocycles. The first-order valence-corrected chi connectivity index (χ1v) is 14.9. The topological polar surface area (TPSA) is 113 Å². The van der Waals surface area contributed by atoms with Crippen molar-refractivity contribution in [2.75, 3.05) is 13.1 Å². The molecule has 3 atom stereocenters. The summed E-state index contributed by atoms with van der Waals surface area (Å²) in [7, 11) is 0. The summed E-state index contributed by atoms with van der Waals surface area (Å²) >= 11 is 3.71. The number of amides is 2. The largest absolute Gasteiger partial charge is 0.487 e. The number of carbonyl (C=O) groups excluding carboxylic acids is 2. The number of aryl methyl sites for hydroxylation is 1. The fourth-order valence-corrected chi connectivity index (χ4v) is 7.15. The Morgan fingerprint density at radius 2 is 1.93 bits per heavy atom. The number of hydrogen-bond acceptors (Lipinski definition) is 6. The van der Waals surface area contributed by atoms with Gasteiger partial charge in [-0.15, -0.1) is 0 Å². The molecule has 2 aromatic carbocycles. The second-order valence-electron chi connectivity index (χ2n) is 11.1. The van der Waals surface area contributed by atoms with Crippen LogP contribution < -0.4 is 4.74 Å². The number of benzene rings is 2. The number of carboxylic acids is 1. The molecule has 41 heavy (non-hydrogen) atoms. The van der Waals surface area contributed by atoms with Crippen LogP contribution in [0.3, 0.4) is 0 Å². The predicted octanol–water partition coefficient (Wildman–Crippen LogP) is 5.30. The third kappa shape index (κ3) is 5.25. The highest BCUT2D eigenvalue weighted by atomic mass is 79.9. The molecular weight excluding hydrogens is 590 g/mol. The molecule has 2 aliphatic heterocycles. The molecule has 1 aromatic heterocycles. The molecule has 9 nitrogen and oxygen atoms in total. The second-order valence-corrected chi connectivity index (χ2v) is 12.0. The highest BCUT2D eigenvalue weighted by Gasteiger charge is 2.44. The number of halogens is 1. The molecule has 1 N–H and O–H groups in total. The van der Waals surface area contributed by atoms with Crippen molar-refractivity contribution in [2.24, 2.45) is 11.8 Å². The minimum Gasteiger partial charge on any atom is -0.487 e. The Balaban J connectivity index is 1.38. The maximum atomic E-state index is 14.2. The van der Waals surface area contributed by atoms with Crippen molar-refractivity contribution in [3.63, 3.8) is 0 Å². The lowest BCUT2D eigenvalue weighted by atomic mass is 9.77. The Morgan fingerprint density at radius 3 is 2.66 bits per heavy atom. The number of hydrogen-bond donors (Lipinski definition) is 1. The Kier molecular flexibility index (Phi) is 7.59. The van der Waals surface area contributed by atoms with E-state index in [0.29, 0.717) is 55.1 Å². The SMILES string of the molecule is Cc1cc(COc2ccc(Br)c3c2C(CN2Cc4ccccc4C2=O)N(C(=O)C2CCCCC2C(=O)O)CC3)no1. The Morgan fingerprint density at radius 1 is 1.15 bits per heavy atom. The van der Waals surface area contributed by atoms with Gasteiger partial charge in [0.1, 0.15) is 23.8 Å². The van der Waals surface area contributed by atoms with E-state index in [0.717, 1.165) is 34.0 Å². The standard InChI is InChI=1S/C31H32BrN3O6/c1-18-14-20(33-41-18)17-40-27-11-10-25(32)24-12-13-35(30(37)22-8-4-5-9-23(22)31(38)39)26(28(24)27)16-34-15-19-6-2-3-7-21(19)29(34)36/h2-3,6-7,10-11,14,22-23,26H,4-5,8-9,12-13,15-17H2,1H3,(H,38,39). The molecule has 0 spiro atoms. The van der Waals surface area contributed by atoms with Crippen LogP contribution >= 0.6 is 15.9 Å². The molecule has 0 saturated heterocycles. The van der Waals surface area contributed by atoms with Gasteiger partial charge in [0.05, 0.1) is 17.9 Å². The minimum atomic E-state index is -0.920. The fourth-order valence-electron chi connectivity index (χ4n) is 6.60. The second kappa shape index (κ2) is 11.3. The van der Waals surface area contributed by atoms with E-state index in [1.165, 1.54) is 0 Å². The monoisotopic (exact) mass is 621 g/mol. The lowest BCUT2D eigenvalue weighted by Gasteiger charge is -2.43. The van der Waals surface area contributed by atoms with E-state index in [2.05, 4.69) is 21.1 Å². The molecule has 0 radical (unpaired) electrons. The van der Waals surface area contributed by atoms with Gasteiger partial charge in [-0.05, 0) is 55.5 Å². The summed E-state index contributed by atoms with van der Waals surface area (Å²) in [5.41, 5.74) is 4.14. The molecule has 6 rings (SSSR count). The number of fused-ring (bicyclic) bond motifs is 2. The molecule has 214 valence electrons. The van der Waals surface area contributed by atoms with E-state index < -0.39 is 23.8 Å². The van der Waals surface area contributed by atoms with Crippen LogP contribution in [0.4, 0.5) is 0 Å². The quantitative estimate of drug-likeness (QED) is 0.381. The van der Waals surface area contributed by atoms with Gasteiger partial charge < -0.3 is 24.2 Å². The summed E-state index contributed by atoms with van der Waals surface area (Å²) < 4.78 is 12.4. The van der Waals surface area contributed by atoms with Crippen LogP contribution in [0.25, 0.3) is 0 Å². The zero-order valence-electron chi connectivity index (χ0n) is 22.8. The number of carbonyl (C=O) groups is 3. The van der Waals surface area contributed by atoms with Crippen LogP contribution in [0.2, 0.25) is 0 Å².